The molecule has 0 aromatic carbocycles. The van der Waals surface area contributed by atoms with Crippen LogP contribution in [0, 0.1) is 0 Å². The van der Waals surface area contributed by atoms with Crippen LogP contribution in [0.15, 0.2) is 12.5 Å². The van der Waals surface area contributed by atoms with Gasteiger partial charge in [0.25, 0.3) is 5.91 Å². The highest BCUT2D eigenvalue weighted by molar-refractivity contribution is 5.92. The van der Waals surface area contributed by atoms with Crippen molar-refractivity contribution < 1.29 is 9.59 Å². The quantitative estimate of drug-likeness (QED) is 0.676. The molecule has 0 aliphatic heterocycles. The predicted molar refractivity (Wildman–Crippen MR) is 76.1 cm³/mol. The summed E-state index contributed by atoms with van der Waals surface area (Å²) in [6.07, 6.45) is 3.44. The third-order valence-electron chi connectivity index (χ3n) is 2.41. The summed E-state index contributed by atoms with van der Waals surface area (Å²) in [6, 6.07) is 0. The van der Waals surface area contributed by atoms with Crippen LogP contribution in [0.3, 0.4) is 0 Å². The molecule has 0 spiro atoms. The molecule has 0 fully saturated rings. The maximum atomic E-state index is 11.8. The first kappa shape index (κ1) is 16.2. The van der Waals surface area contributed by atoms with Crippen LogP contribution < -0.4 is 16.4 Å². The van der Waals surface area contributed by atoms with Crippen LogP contribution in [0.5, 0.6) is 0 Å². The number of imidazole rings is 1. The van der Waals surface area contributed by atoms with Gasteiger partial charge in [0.05, 0.1) is 6.33 Å². The molecular formula is C13H23N5O2. The van der Waals surface area contributed by atoms with E-state index in [0.29, 0.717) is 18.8 Å². The van der Waals surface area contributed by atoms with E-state index in [0.717, 1.165) is 0 Å². The molecular weight excluding hydrogens is 258 g/mol. The Bertz CT molecular complexity index is 462. The molecule has 112 valence electrons. The second-order valence-electron chi connectivity index (χ2n) is 5.59. The van der Waals surface area contributed by atoms with Gasteiger partial charge in [-0.05, 0) is 20.8 Å². The summed E-state index contributed by atoms with van der Waals surface area (Å²) >= 11 is 0. The van der Waals surface area contributed by atoms with Gasteiger partial charge in [-0.1, -0.05) is 0 Å². The van der Waals surface area contributed by atoms with E-state index in [4.69, 9.17) is 5.73 Å². The number of hydrogen-bond donors (Lipinski definition) is 3. The van der Waals surface area contributed by atoms with E-state index in [1.165, 1.54) is 0 Å². The van der Waals surface area contributed by atoms with Crippen molar-refractivity contribution in [1.82, 2.24) is 20.2 Å². The fraction of sp³-hybridized carbons (Fsp3) is 0.615. The lowest BCUT2D eigenvalue weighted by atomic mass is 10.1. The fourth-order valence-electron chi connectivity index (χ4n) is 1.61. The van der Waals surface area contributed by atoms with E-state index in [-0.39, 0.29) is 30.3 Å². The van der Waals surface area contributed by atoms with Crippen molar-refractivity contribution in [3.05, 3.63) is 18.2 Å². The van der Waals surface area contributed by atoms with Gasteiger partial charge < -0.3 is 20.9 Å². The van der Waals surface area contributed by atoms with Crippen LogP contribution in [0.2, 0.25) is 0 Å². The largest absolute Gasteiger partial charge is 0.351 e. The summed E-state index contributed by atoms with van der Waals surface area (Å²) in [6.45, 7) is 7.12. The molecule has 0 bridgehead atoms. The summed E-state index contributed by atoms with van der Waals surface area (Å²) in [5.74, 6) is -0.379. The lowest BCUT2D eigenvalue weighted by Gasteiger charge is -2.20. The van der Waals surface area contributed by atoms with Gasteiger partial charge in [-0.2, -0.15) is 0 Å². The highest BCUT2D eigenvalue weighted by Crippen LogP contribution is 1.99. The highest BCUT2D eigenvalue weighted by Gasteiger charge is 2.14. The molecule has 7 nitrogen and oxygen atoms in total. The van der Waals surface area contributed by atoms with Crippen LogP contribution in [0.4, 0.5) is 0 Å². The molecule has 0 saturated heterocycles. The molecule has 0 aliphatic rings. The van der Waals surface area contributed by atoms with Gasteiger partial charge in [-0.25, -0.2) is 4.98 Å². The smallest absolute Gasteiger partial charge is 0.271 e. The van der Waals surface area contributed by atoms with Crippen molar-refractivity contribution in [2.24, 2.45) is 5.73 Å². The summed E-state index contributed by atoms with van der Waals surface area (Å²) in [4.78, 5) is 27.3. The van der Waals surface area contributed by atoms with Crippen molar-refractivity contribution in [2.75, 3.05) is 13.1 Å². The zero-order valence-corrected chi connectivity index (χ0v) is 12.3. The van der Waals surface area contributed by atoms with Gasteiger partial charge in [0.15, 0.2) is 0 Å². The molecule has 20 heavy (non-hydrogen) atoms. The zero-order valence-electron chi connectivity index (χ0n) is 12.3. The highest BCUT2D eigenvalue weighted by atomic mass is 16.2. The Kier molecular flexibility index (Phi) is 5.69. The molecule has 0 saturated carbocycles. The third-order valence-corrected chi connectivity index (χ3v) is 2.41. The Morgan fingerprint density at radius 2 is 2.10 bits per heavy atom. The molecule has 7 heteroatoms. The van der Waals surface area contributed by atoms with E-state index in [9.17, 15) is 9.59 Å². The second-order valence-corrected chi connectivity index (χ2v) is 5.59. The van der Waals surface area contributed by atoms with Gasteiger partial charge >= 0.3 is 0 Å². The Morgan fingerprint density at radius 1 is 1.40 bits per heavy atom. The van der Waals surface area contributed by atoms with Gasteiger partial charge in [0.2, 0.25) is 5.91 Å². The predicted octanol–water partition coefficient (Wildman–Crippen LogP) is -0.124. The fourth-order valence-corrected chi connectivity index (χ4v) is 1.61. The SMILES string of the molecule is CC(C)(C)NC(=O)CCNC(=O)c1cn(CCN)cn1. The number of hydrogen-bond acceptors (Lipinski definition) is 4. The zero-order chi connectivity index (χ0) is 15.2. The summed E-state index contributed by atoms with van der Waals surface area (Å²) in [7, 11) is 0. The number of carbonyl (C=O) groups excluding carboxylic acids is 2. The molecule has 1 heterocycles. The summed E-state index contributed by atoms with van der Waals surface area (Å²) in [5, 5.41) is 5.49. The van der Waals surface area contributed by atoms with Crippen molar-refractivity contribution >= 4 is 11.8 Å². The van der Waals surface area contributed by atoms with E-state index < -0.39 is 0 Å². The minimum Gasteiger partial charge on any atom is -0.351 e. The molecule has 0 aliphatic carbocycles. The normalized spacial score (nSPS) is 11.2. The van der Waals surface area contributed by atoms with Gasteiger partial charge in [-0.15, -0.1) is 0 Å². The molecule has 0 unspecified atom stereocenters. The van der Waals surface area contributed by atoms with Crippen molar-refractivity contribution in [1.29, 1.82) is 0 Å². The van der Waals surface area contributed by atoms with E-state index in [1.807, 2.05) is 20.8 Å². The first-order valence-electron chi connectivity index (χ1n) is 6.63. The van der Waals surface area contributed by atoms with Crippen LogP contribution in [-0.4, -0.2) is 40.0 Å². The Balaban J connectivity index is 2.34. The van der Waals surface area contributed by atoms with Crippen LogP contribution in [-0.2, 0) is 11.3 Å². The van der Waals surface area contributed by atoms with E-state index >= 15 is 0 Å². The molecule has 1 aromatic rings. The molecule has 4 N–H and O–H groups in total. The molecule has 0 atom stereocenters. The number of carbonyl (C=O) groups is 2. The van der Waals surface area contributed by atoms with Crippen molar-refractivity contribution in [2.45, 2.75) is 39.3 Å². The maximum Gasteiger partial charge on any atom is 0.271 e. The summed E-state index contributed by atoms with van der Waals surface area (Å²) < 4.78 is 1.75. The first-order chi connectivity index (χ1) is 9.31. The topological polar surface area (TPSA) is 102 Å². The van der Waals surface area contributed by atoms with E-state index in [2.05, 4.69) is 15.6 Å². The molecule has 1 aromatic heterocycles. The number of aromatic nitrogens is 2. The van der Waals surface area contributed by atoms with Gasteiger partial charge in [0.1, 0.15) is 5.69 Å². The van der Waals surface area contributed by atoms with Gasteiger partial charge in [0, 0.05) is 37.8 Å². The standard InChI is InChI=1S/C13H23N5O2/c1-13(2,3)17-11(19)4-6-15-12(20)10-8-18(7-5-14)9-16-10/h8-9H,4-7,14H2,1-3H3,(H,15,20)(H,17,19). The first-order valence-corrected chi connectivity index (χ1v) is 6.63. The lowest BCUT2D eigenvalue weighted by molar-refractivity contribution is -0.122. The third kappa shape index (κ3) is 5.83. The van der Waals surface area contributed by atoms with Crippen LogP contribution >= 0.6 is 0 Å². The van der Waals surface area contributed by atoms with Crippen LogP contribution in [0.25, 0.3) is 0 Å². The van der Waals surface area contributed by atoms with Crippen molar-refractivity contribution in [3.63, 3.8) is 0 Å². The minimum absolute atomic E-state index is 0.0912. The number of amides is 2. The maximum absolute atomic E-state index is 11.8. The van der Waals surface area contributed by atoms with E-state index in [1.54, 1.807) is 17.1 Å². The second kappa shape index (κ2) is 7.04. The minimum atomic E-state index is -0.288. The van der Waals surface area contributed by atoms with Crippen LogP contribution in [0.1, 0.15) is 37.7 Å². The average molecular weight is 281 g/mol. The Morgan fingerprint density at radius 3 is 2.70 bits per heavy atom. The van der Waals surface area contributed by atoms with Crippen molar-refractivity contribution in [3.8, 4) is 0 Å². The molecule has 2 amide bonds. The monoisotopic (exact) mass is 281 g/mol. The molecule has 1 rings (SSSR count). The Hall–Kier alpha value is -1.89. The number of nitrogens with zero attached hydrogens (tertiary/aromatic N) is 2. The average Bonchev–Trinajstić information content (AvgIpc) is 2.75. The summed E-state index contributed by atoms with van der Waals surface area (Å²) in [5.41, 5.74) is 5.48. The number of nitrogens with two attached hydrogens (primary N) is 1. The number of nitrogens with one attached hydrogen (secondary N) is 2. The Labute approximate surface area is 118 Å². The molecule has 0 radical (unpaired) electrons. The number of rotatable bonds is 6. The van der Waals surface area contributed by atoms with Gasteiger partial charge in [-0.3, -0.25) is 9.59 Å². The lowest BCUT2D eigenvalue weighted by Crippen LogP contribution is -2.42.